The molecule has 0 aliphatic carbocycles. The van der Waals surface area contributed by atoms with Gasteiger partial charge in [0.2, 0.25) is 17.2 Å². The third-order valence-corrected chi connectivity index (χ3v) is 3.15. The van der Waals surface area contributed by atoms with E-state index in [9.17, 15) is 5.11 Å². The summed E-state index contributed by atoms with van der Waals surface area (Å²) in [5.41, 5.74) is -0.422. The van der Waals surface area contributed by atoms with Gasteiger partial charge in [-0.05, 0) is 31.4 Å². The van der Waals surface area contributed by atoms with E-state index in [1.54, 1.807) is 0 Å². The average Bonchev–Trinajstić information content (AvgIpc) is 2.36. The molecular formula is C11H20ClN5O. The van der Waals surface area contributed by atoms with Crippen LogP contribution in [-0.4, -0.2) is 38.7 Å². The number of rotatable bonds is 7. The van der Waals surface area contributed by atoms with Crippen LogP contribution in [0, 0.1) is 0 Å². The number of aliphatic hydroxyl groups is 1. The number of halogens is 1. The van der Waals surface area contributed by atoms with Gasteiger partial charge in [-0.3, -0.25) is 0 Å². The first kappa shape index (κ1) is 14.9. The lowest BCUT2D eigenvalue weighted by molar-refractivity contribution is 0.201. The highest BCUT2D eigenvalue weighted by Gasteiger charge is 2.26. The Hall–Kier alpha value is -1.14. The third-order valence-electron chi connectivity index (χ3n) is 2.98. The molecule has 0 aromatic carbocycles. The third kappa shape index (κ3) is 3.68. The highest BCUT2D eigenvalue weighted by molar-refractivity contribution is 6.28. The van der Waals surface area contributed by atoms with Crippen molar-refractivity contribution >= 4 is 23.5 Å². The summed E-state index contributed by atoms with van der Waals surface area (Å²) in [5.74, 6) is 0.808. The van der Waals surface area contributed by atoms with E-state index in [1.807, 2.05) is 20.8 Å². The average molecular weight is 274 g/mol. The molecule has 6 nitrogen and oxygen atoms in total. The van der Waals surface area contributed by atoms with E-state index in [0.29, 0.717) is 18.4 Å². The fourth-order valence-corrected chi connectivity index (χ4v) is 1.73. The molecule has 18 heavy (non-hydrogen) atoms. The maximum Gasteiger partial charge on any atom is 0.229 e. The summed E-state index contributed by atoms with van der Waals surface area (Å²) < 4.78 is 0. The number of aromatic nitrogens is 3. The van der Waals surface area contributed by atoms with Crippen molar-refractivity contribution in [2.75, 3.05) is 23.8 Å². The van der Waals surface area contributed by atoms with Gasteiger partial charge in [-0.2, -0.15) is 15.0 Å². The van der Waals surface area contributed by atoms with Crippen molar-refractivity contribution in [3.05, 3.63) is 5.28 Å². The molecule has 0 radical (unpaired) electrons. The highest BCUT2D eigenvalue weighted by atomic mass is 35.5. The van der Waals surface area contributed by atoms with Crippen molar-refractivity contribution in [3.8, 4) is 0 Å². The van der Waals surface area contributed by atoms with E-state index in [1.165, 1.54) is 0 Å². The molecule has 1 aromatic rings. The van der Waals surface area contributed by atoms with Crippen LogP contribution >= 0.6 is 11.6 Å². The zero-order valence-electron chi connectivity index (χ0n) is 11.0. The summed E-state index contributed by atoms with van der Waals surface area (Å²) in [7, 11) is 0. The second-order valence-electron chi connectivity index (χ2n) is 4.05. The zero-order chi connectivity index (χ0) is 13.6. The Bertz CT molecular complexity index is 375. The molecule has 1 rings (SSSR count). The van der Waals surface area contributed by atoms with E-state index in [4.69, 9.17) is 11.6 Å². The van der Waals surface area contributed by atoms with Crippen LogP contribution in [-0.2, 0) is 0 Å². The first-order chi connectivity index (χ1) is 8.59. The Morgan fingerprint density at radius 1 is 1.11 bits per heavy atom. The van der Waals surface area contributed by atoms with Crippen LogP contribution in [0.1, 0.15) is 33.6 Å². The highest BCUT2D eigenvalue weighted by Crippen LogP contribution is 2.20. The molecule has 0 aliphatic heterocycles. The molecule has 7 heteroatoms. The number of hydrogen-bond donors (Lipinski definition) is 3. The van der Waals surface area contributed by atoms with Gasteiger partial charge < -0.3 is 15.7 Å². The minimum absolute atomic E-state index is 0.0137. The smallest absolute Gasteiger partial charge is 0.229 e. The summed E-state index contributed by atoms with van der Waals surface area (Å²) in [6.07, 6.45) is 1.53. The van der Waals surface area contributed by atoms with Crippen molar-refractivity contribution in [1.82, 2.24) is 15.0 Å². The van der Waals surface area contributed by atoms with Crippen molar-refractivity contribution in [1.29, 1.82) is 0 Å². The molecule has 1 heterocycles. The lowest BCUT2D eigenvalue weighted by Crippen LogP contribution is -2.41. The normalized spacial score (nSPS) is 11.4. The summed E-state index contributed by atoms with van der Waals surface area (Å²) in [4.78, 5) is 12.2. The van der Waals surface area contributed by atoms with E-state index in [2.05, 4.69) is 25.6 Å². The van der Waals surface area contributed by atoms with Gasteiger partial charge in [0.25, 0.3) is 0 Å². The number of anilines is 2. The first-order valence-electron chi connectivity index (χ1n) is 6.13. The molecule has 0 bridgehead atoms. The van der Waals surface area contributed by atoms with Crippen LogP contribution in [0.2, 0.25) is 5.28 Å². The van der Waals surface area contributed by atoms with Gasteiger partial charge in [0, 0.05) is 6.54 Å². The Labute approximate surface area is 112 Å². The summed E-state index contributed by atoms with van der Waals surface area (Å²) in [6, 6.07) is 0. The van der Waals surface area contributed by atoms with Gasteiger partial charge >= 0.3 is 0 Å². The lowest BCUT2D eigenvalue weighted by atomic mass is 9.94. The number of hydrogen-bond acceptors (Lipinski definition) is 6. The Morgan fingerprint density at radius 3 is 2.22 bits per heavy atom. The maximum absolute atomic E-state index is 9.50. The Kier molecular flexibility index (Phi) is 5.55. The van der Waals surface area contributed by atoms with E-state index >= 15 is 0 Å². The second kappa shape index (κ2) is 6.70. The summed E-state index contributed by atoms with van der Waals surface area (Å²) in [5, 5.41) is 15.7. The standard InChI is InChI=1S/C11H20ClN5O/c1-4-11(5-2,7-18)17-10-15-8(12)14-9(16-10)13-6-3/h18H,4-7H2,1-3H3,(H2,13,14,15,16,17). The molecular weight excluding hydrogens is 254 g/mol. The number of nitrogens with one attached hydrogen (secondary N) is 2. The van der Waals surface area contributed by atoms with E-state index in [0.717, 1.165) is 12.8 Å². The molecule has 0 unspecified atom stereocenters. The van der Waals surface area contributed by atoms with Crippen molar-refractivity contribution in [3.63, 3.8) is 0 Å². The monoisotopic (exact) mass is 273 g/mol. The molecule has 0 atom stereocenters. The predicted molar refractivity (Wildman–Crippen MR) is 73.0 cm³/mol. The molecule has 0 spiro atoms. The molecule has 3 N–H and O–H groups in total. The van der Waals surface area contributed by atoms with Crippen LogP contribution < -0.4 is 10.6 Å². The zero-order valence-corrected chi connectivity index (χ0v) is 11.8. The van der Waals surface area contributed by atoms with Crippen LogP contribution in [0.5, 0.6) is 0 Å². The molecule has 0 aliphatic rings. The van der Waals surface area contributed by atoms with Gasteiger partial charge in [-0.15, -0.1) is 0 Å². The maximum atomic E-state index is 9.50. The molecule has 0 saturated carbocycles. The van der Waals surface area contributed by atoms with Crippen molar-refractivity contribution < 1.29 is 5.11 Å². The number of aliphatic hydroxyl groups excluding tert-OH is 1. The molecule has 102 valence electrons. The molecule has 0 amide bonds. The predicted octanol–water partition coefficient (Wildman–Crippen LogP) is 1.92. The van der Waals surface area contributed by atoms with Gasteiger partial charge in [-0.25, -0.2) is 0 Å². The van der Waals surface area contributed by atoms with Crippen LogP contribution in [0.3, 0.4) is 0 Å². The SMILES string of the molecule is CCNc1nc(Cl)nc(NC(CC)(CC)CO)n1. The van der Waals surface area contributed by atoms with Crippen LogP contribution in [0.25, 0.3) is 0 Å². The van der Waals surface area contributed by atoms with Gasteiger partial charge in [0.1, 0.15) is 0 Å². The molecule has 1 aromatic heterocycles. The van der Waals surface area contributed by atoms with Gasteiger partial charge in [0.15, 0.2) is 0 Å². The van der Waals surface area contributed by atoms with Gasteiger partial charge in [0.05, 0.1) is 12.1 Å². The van der Waals surface area contributed by atoms with E-state index in [-0.39, 0.29) is 11.9 Å². The van der Waals surface area contributed by atoms with Gasteiger partial charge in [-0.1, -0.05) is 13.8 Å². The molecule has 0 fully saturated rings. The van der Waals surface area contributed by atoms with Crippen molar-refractivity contribution in [2.24, 2.45) is 0 Å². The fourth-order valence-electron chi connectivity index (χ4n) is 1.57. The topological polar surface area (TPSA) is 83.0 Å². The summed E-state index contributed by atoms with van der Waals surface area (Å²) in [6.45, 7) is 6.66. The Morgan fingerprint density at radius 2 is 1.72 bits per heavy atom. The quantitative estimate of drug-likeness (QED) is 0.704. The second-order valence-corrected chi connectivity index (χ2v) is 4.39. The van der Waals surface area contributed by atoms with Crippen LogP contribution in [0.4, 0.5) is 11.9 Å². The minimum atomic E-state index is -0.422. The van der Waals surface area contributed by atoms with Crippen LogP contribution in [0.15, 0.2) is 0 Å². The summed E-state index contributed by atoms with van der Waals surface area (Å²) >= 11 is 5.84. The van der Waals surface area contributed by atoms with Crippen molar-refractivity contribution in [2.45, 2.75) is 39.2 Å². The lowest BCUT2D eigenvalue weighted by Gasteiger charge is -2.30. The largest absolute Gasteiger partial charge is 0.394 e. The molecule has 0 saturated heterocycles. The van der Waals surface area contributed by atoms with E-state index < -0.39 is 5.54 Å². The number of nitrogens with zero attached hydrogens (tertiary/aromatic N) is 3. The fraction of sp³-hybridized carbons (Fsp3) is 0.727. The minimum Gasteiger partial charge on any atom is -0.394 e. The first-order valence-corrected chi connectivity index (χ1v) is 6.51. The Balaban J connectivity index is 2.95.